The first kappa shape index (κ1) is 11.3. The van der Waals surface area contributed by atoms with Crippen LogP contribution >= 0.6 is 0 Å². The molecule has 5 nitrogen and oxygen atoms in total. The highest BCUT2D eigenvalue weighted by Crippen LogP contribution is 2.20. The lowest BCUT2D eigenvalue weighted by Crippen LogP contribution is -2.37. The van der Waals surface area contributed by atoms with Gasteiger partial charge in [-0.1, -0.05) is 12.1 Å². The molecule has 0 N–H and O–H groups in total. The molecule has 1 aliphatic heterocycles. The Labute approximate surface area is 95.4 Å². The number of nitrogens with zero attached hydrogens (tertiary/aromatic N) is 4. The first-order valence-corrected chi connectivity index (χ1v) is 5.93. The Bertz CT molecular complexity index is 348. The van der Waals surface area contributed by atoms with E-state index in [4.69, 9.17) is 0 Å². The minimum atomic E-state index is 0.376. The van der Waals surface area contributed by atoms with Gasteiger partial charge in [-0.15, -0.1) is 5.10 Å². The van der Waals surface area contributed by atoms with Gasteiger partial charge < -0.3 is 4.90 Å². The van der Waals surface area contributed by atoms with Crippen molar-refractivity contribution in [1.29, 1.82) is 0 Å². The lowest BCUT2D eigenvalue weighted by molar-refractivity contribution is 0.111. The lowest BCUT2D eigenvalue weighted by Gasteiger charge is -2.32. The van der Waals surface area contributed by atoms with Gasteiger partial charge >= 0.3 is 0 Å². The molecule has 0 aromatic carbocycles. The topological polar surface area (TPSA) is 51.0 Å². The second kappa shape index (κ2) is 5.21. The molecule has 2 rings (SSSR count). The molecule has 0 unspecified atom stereocenters. The Kier molecular flexibility index (Phi) is 3.66. The summed E-state index contributed by atoms with van der Waals surface area (Å²) < 4.78 is 1.84. The first-order valence-electron chi connectivity index (χ1n) is 5.93. The van der Waals surface area contributed by atoms with Gasteiger partial charge in [0, 0.05) is 6.54 Å². The van der Waals surface area contributed by atoms with Gasteiger partial charge in [-0.25, -0.2) is 4.68 Å². The standard InChI is InChI=1S/C11H18N4O/c1-2-5-14-6-3-4-11(8-14)15-7-10(9-16)12-13-15/h7,9,11H,2-6,8H2,1H3/t11-/m0/s1. The molecule has 0 aliphatic carbocycles. The molecule has 1 fully saturated rings. The van der Waals surface area contributed by atoms with Crippen molar-refractivity contribution in [2.24, 2.45) is 0 Å². The predicted octanol–water partition coefficient (Wildman–Crippen LogP) is 1.14. The van der Waals surface area contributed by atoms with Crippen LogP contribution in [0.15, 0.2) is 6.20 Å². The van der Waals surface area contributed by atoms with Crippen LogP contribution in [0.2, 0.25) is 0 Å². The molecule has 5 heteroatoms. The van der Waals surface area contributed by atoms with E-state index >= 15 is 0 Å². The number of carbonyl (C=O) groups is 1. The van der Waals surface area contributed by atoms with E-state index in [1.165, 1.54) is 19.4 Å². The number of likely N-dealkylation sites (tertiary alicyclic amines) is 1. The van der Waals surface area contributed by atoms with Crippen molar-refractivity contribution in [3.8, 4) is 0 Å². The Morgan fingerprint density at radius 2 is 2.50 bits per heavy atom. The molecule has 88 valence electrons. The molecule has 0 saturated carbocycles. The number of carbonyl (C=O) groups excluding carboxylic acids is 1. The van der Waals surface area contributed by atoms with Crippen molar-refractivity contribution in [2.45, 2.75) is 32.2 Å². The molecule has 0 bridgehead atoms. The van der Waals surface area contributed by atoms with E-state index in [0.29, 0.717) is 11.7 Å². The van der Waals surface area contributed by atoms with Crippen molar-refractivity contribution >= 4 is 6.29 Å². The van der Waals surface area contributed by atoms with Gasteiger partial charge in [-0.3, -0.25) is 4.79 Å². The summed E-state index contributed by atoms with van der Waals surface area (Å²) in [6, 6.07) is 0.376. The minimum Gasteiger partial charge on any atom is -0.301 e. The lowest BCUT2D eigenvalue weighted by atomic mass is 10.1. The van der Waals surface area contributed by atoms with Gasteiger partial charge in [0.2, 0.25) is 0 Å². The van der Waals surface area contributed by atoms with Gasteiger partial charge in [0.15, 0.2) is 6.29 Å². The number of aromatic nitrogens is 3. The number of rotatable bonds is 4. The zero-order valence-corrected chi connectivity index (χ0v) is 9.67. The summed E-state index contributed by atoms with van der Waals surface area (Å²) >= 11 is 0. The Morgan fingerprint density at radius 1 is 1.62 bits per heavy atom. The third-order valence-electron chi connectivity index (χ3n) is 3.04. The van der Waals surface area contributed by atoms with Gasteiger partial charge in [0.25, 0.3) is 0 Å². The van der Waals surface area contributed by atoms with Crippen LogP contribution in [-0.4, -0.2) is 45.8 Å². The number of aldehydes is 1. The molecule has 0 spiro atoms. The average Bonchev–Trinajstić information content (AvgIpc) is 2.78. The van der Waals surface area contributed by atoms with Gasteiger partial charge in [0.05, 0.1) is 12.2 Å². The molecule has 1 aromatic rings. The highest BCUT2D eigenvalue weighted by Gasteiger charge is 2.21. The van der Waals surface area contributed by atoms with Gasteiger partial charge in [-0.05, 0) is 32.4 Å². The van der Waals surface area contributed by atoms with Gasteiger partial charge in [-0.2, -0.15) is 0 Å². The van der Waals surface area contributed by atoms with Crippen LogP contribution in [0.25, 0.3) is 0 Å². The molecule has 2 heterocycles. The monoisotopic (exact) mass is 222 g/mol. The van der Waals surface area contributed by atoms with E-state index in [1.807, 2.05) is 4.68 Å². The molecule has 1 saturated heterocycles. The zero-order valence-electron chi connectivity index (χ0n) is 9.67. The van der Waals surface area contributed by atoms with Crippen molar-refractivity contribution in [3.63, 3.8) is 0 Å². The van der Waals surface area contributed by atoms with Crippen molar-refractivity contribution in [2.75, 3.05) is 19.6 Å². The Hall–Kier alpha value is -1.23. The van der Waals surface area contributed by atoms with E-state index in [1.54, 1.807) is 6.20 Å². The number of hydrogen-bond acceptors (Lipinski definition) is 4. The minimum absolute atomic E-state index is 0.376. The Morgan fingerprint density at radius 3 is 3.19 bits per heavy atom. The molecular formula is C11H18N4O. The maximum atomic E-state index is 10.5. The SMILES string of the molecule is CCCN1CCC[C@H](n2cc(C=O)nn2)C1. The smallest absolute Gasteiger partial charge is 0.171 e. The Balaban J connectivity index is 2.00. The third-order valence-corrected chi connectivity index (χ3v) is 3.04. The fourth-order valence-corrected chi connectivity index (χ4v) is 2.29. The van der Waals surface area contributed by atoms with Crippen molar-refractivity contribution in [3.05, 3.63) is 11.9 Å². The van der Waals surface area contributed by atoms with E-state index in [9.17, 15) is 4.79 Å². The van der Waals surface area contributed by atoms with E-state index < -0.39 is 0 Å². The second-order valence-electron chi connectivity index (χ2n) is 4.34. The maximum Gasteiger partial charge on any atom is 0.171 e. The summed E-state index contributed by atoms with van der Waals surface area (Å²) in [6.45, 7) is 5.55. The van der Waals surface area contributed by atoms with E-state index in [0.717, 1.165) is 25.8 Å². The molecule has 16 heavy (non-hydrogen) atoms. The summed E-state index contributed by atoms with van der Waals surface area (Å²) in [4.78, 5) is 13.0. The zero-order chi connectivity index (χ0) is 11.4. The quantitative estimate of drug-likeness (QED) is 0.717. The number of piperidine rings is 1. The summed E-state index contributed by atoms with van der Waals surface area (Å²) in [5.41, 5.74) is 0.424. The maximum absolute atomic E-state index is 10.5. The summed E-state index contributed by atoms with van der Waals surface area (Å²) in [7, 11) is 0. The fourth-order valence-electron chi connectivity index (χ4n) is 2.29. The van der Waals surface area contributed by atoms with Crippen LogP contribution < -0.4 is 0 Å². The molecular weight excluding hydrogens is 204 g/mol. The highest BCUT2D eigenvalue weighted by atomic mass is 16.1. The van der Waals surface area contributed by atoms with E-state index in [-0.39, 0.29) is 0 Å². The molecule has 0 radical (unpaired) electrons. The van der Waals surface area contributed by atoms with Crippen LogP contribution in [-0.2, 0) is 0 Å². The van der Waals surface area contributed by atoms with Crippen molar-refractivity contribution < 1.29 is 4.79 Å². The van der Waals surface area contributed by atoms with Crippen molar-refractivity contribution in [1.82, 2.24) is 19.9 Å². The van der Waals surface area contributed by atoms with E-state index in [2.05, 4.69) is 22.1 Å². The fraction of sp³-hybridized carbons (Fsp3) is 0.727. The number of hydrogen-bond donors (Lipinski definition) is 0. The van der Waals surface area contributed by atoms with Crippen LogP contribution in [0.5, 0.6) is 0 Å². The summed E-state index contributed by atoms with van der Waals surface area (Å²) in [5, 5.41) is 7.82. The summed E-state index contributed by atoms with van der Waals surface area (Å²) in [5.74, 6) is 0. The average molecular weight is 222 g/mol. The summed E-state index contributed by atoms with van der Waals surface area (Å²) in [6.07, 6.45) is 6.00. The molecule has 1 atom stereocenters. The third kappa shape index (κ3) is 2.47. The molecule has 1 aromatic heterocycles. The highest BCUT2D eigenvalue weighted by molar-refractivity contribution is 5.70. The normalized spacial score (nSPS) is 22.2. The predicted molar refractivity (Wildman–Crippen MR) is 60.4 cm³/mol. The van der Waals surface area contributed by atoms with Crippen LogP contribution in [0, 0.1) is 0 Å². The van der Waals surface area contributed by atoms with Crippen LogP contribution in [0.1, 0.15) is 42.7 Å². The molecule has 1 aliphatic rings. The second-order valence-corrected chi connectivity index (χ2v) is 4.34. The largest absolute Gasteiger partial charge is 0.301 e. The molecule has 0 amide bonds. The van der Waals surface area contributed by atoms with Crippen LogP contribution in [0.3, 0.4) is 0 Å². The van der Waals surface area contributed by atoms with Crippen LogP contribution in [0.4, 0.5) is 0 Å². The van der Waals surface area contributed by atoms with Gasteiger partial charge in [0.1, 0.15) is 5.69 Å². The first-order chi connectivity index (χ1) is 7.83.